The van der Waals surface area contributed by atoms with E-state index in [1.165, 1.54) is 4.31 Å². The monoisotopic (exact) mass is 438 g/mol. The Bertz CT molecular complexity index is 845. The van der Waals surface area contributed by atoms with E-state index < -0.39 is 10.0 Å². The van der Waals surface area contributed by atoms with Crippen molar-refractivity contribution in [1.82, 2.24) is 4.90 Å². The Morgan fingerprint density at radius 3 is 2.00 bits per heavy atom. The largest absolute Gasteiger partial charge is 0.342 e. The van der Waals surface area contributed by atoms with Crippen LogP contribution in [-0.2, 0) is 14.8 Å². The number of likely N-dealkylation sites (N-methyl/N-ethyl adjacent to an activating group) is 1. The second-order valence-corrected chi connectivity index (χ2v) is 8.65. The van der Waals surface area contributed by atoms with E-state index in [9.17, 15) is 13.2 Å². The molecule has 140 valence electrons. The summed E-state index contributed by atoms with van der Waals surface area (Å²) in [4.78, 5) is 14.4. The number of carbonyl (C=O) groups is 1. The predicted molar refractivity (Wildman–Crippen MR) is 108 cm³/mol. The number of nitrogens with zero attached hydrogens (tertiary/aromatic N) is 2. The fourth-order valence-corrected chi connectivity index (χ4v) is 4.24. The van der Waals surface area contributed by atoms with Gasteiger partial charge in [0.2, 0.25) is 5.91 Å². The SMILES string of the molecule is CCN(CC)C(=O)CN(c1ccc(Br)cc1)S(=O)(=O)c1ccc(C)cc1. The molecule has 0 aliphatic carbocycles. The van der Waals surface area contributed by atoms with Gasteiger partial charge in [0.25, 0.3) is 10.0 Å². The van der Waals surface area contributed by atoms with E-state index >= 15 is 0 Å². The van der Waals surface area contributed by atoms with Crippen molar-refractivity contribution in [2.75, 3.05) is 23.9 Å². The summed E-state index contributed by atoms with van der Waals surface area (Å²) in [6, 6.07) is 13.5. The van der Waals surface area contributed by atoms with Crippen LogP contribution in [0.3, 0.4) is 0 Å². The first kappa shape index (κ1) is 20.5. The Kier molecular flexibility index (Phi) is 6.83. The van der Waals surface area contributed by atoms with Crippen LogP contribution in [0.25, 0.3) is 0 Å². The zero-order chi connectivity index (χ0) is 19.3. The molecule has 0 saturated heterocycles. The Morgan fingerprint density at radius 2 is 1.50 bits per heavy atom. The molecule has 0 bridgehead atoms. The fraction of sp³-hybridized carbons (Fsp3) is 0.316. The van der Waals surface area contributed by atoms with Gasteiger partial charge in [0.1, 0.15) is 6.54 Å². The molecule has 0 fully saturated rings. The lowest BCUT2D eigenvalue weighted by Crippen LogP contribution is -2.43. The molecule has 2 aromatic rings. The van der Waals surface area contributed by atoms with Crippen LogP contribution in [0.2, 0.25) is 0 Å². The Hall–Kier alpha value is -1.86. The summed E-state index contributed by atoms with van der Waals surface area (Å²) >= 11 is 3.35. The van der Waals surface area contributed by atoms with Crippen LogP contribution in [-0.4, -0.2) is 38.9 Å². The van der Waals surface area contributed by atoms with Crippen LogP contribution in [0.15, 0.2) is 57.9 Å². The smallest absolute Gasteiger partial charge is 0.264 e. The molecular formula is C19H23BrN2O3S. The highest BCUT2D eigenvalue weighted by Gasteiger charge is 2.28. The van der Waals surface area contributed by atoms with Crippen LogP contribution in [0.1, 0.15) is 19.4 Å². The number of carbonyl (C=O) groups excluding carboxylic acids is 1. The van der Waals surface area contributed by atoms with Gasteiger partial charge in [-0.05, 0) is 57.2 Å². The van der Waals surface area contributed by atoms with Crippen molar-refractivity contribution in [3.05, 3.63) is 58.6 Å². The maximum atomic E-state index is 13.2. The molecule has 0 heterocycles. The molecule has 2 aromatic carbocycles. The van der Waals surface area contributed by atoms with Gasteiger partial charge in [-0.15, -0.1) is 0 Å². The van der Waals surface area contributed by atoms with Crippen molar-refractivity contribution < 1.29 is 13.2 Å². The number of anilines is 1. The average Bonchev–Trinajstić information content (AvgIpc) is 2.62. The van der Waals surface area contributed by atoms with E-state index in [4.69, 9.17) is 0 Å². The van der Waals surface area contributed by atoms with Crippen molar-refractivity contribution in [3.8, 4) is 0 Å². The molecule has 5 nitrogen and oxygen atoms in total. The molecule has 0 aliphatic heterocycles. The quantitative estimate of drug-likeness (QED) is 0.659. The molecule has 1 amide bonds. The first-order valence-electron chi connectivity index (χ1n) is 8.42. The van der Waals surface area contributed by atoms with E-state index in [1.54, 1.807) is 53.4 Å². The summed E-state index contributed by atoms with van der Waals surface area (Å²) in [5.41, 5.74) is 1.42. The molecule has 0 aromatic heterocycles. The van der Waals surface area contributed by atoms with Crippen LogP contribution >= 0.6 is 15.9 Å². The number of aryl methyl sites for hydroxylation is 1. The number of hydrogen-bond donors (Lipinski definition) is 0. The van der Waals surface area contributed by atoms with Gasteiger partial charge in [-0.1, -0.05) is 33.6 Å². The van der Waals surface area contributed by atoms with Crippen LogP contribution in [0, 0.1) is 6.92 Å². The lowest BCUT2D eigenvalue weighted by atomic mass is 10.2. The summed E-state index contributed by atoms with van der Waals surface area (Å²) in [7, 11) is -3.86. The van der Waals surface area contributed by atoms with E-state index in [0.717, 1.165) is 10.0 Å². The first-order valence-corrected chi connectivity index (χ1v) is 10.7. The first-order chi connectivity index (χ1) is 12.3. The Morgan fingerprint density at radius 1 is 0.962 bits per heavy atom. The summed E-state index contributed by atoms with van der Waals surface area (Å²) in [5, 5.41) is 0. The summed E-state index contributed by atoms with van der Waals surface area (Å²) in [6.45, 7) is 6.48. The highest BCUT2D eigenvalue weighted by Crippen LogP contribution is 2.25. The van der Waals surface area contributed by atoms with E-state index in [2.05, 4.69) is 15.9 Å². The van der Waals surface area contributed by atoms with Crippen LogP contribution in [0.5, 0.6) is 0 Å². The van der Waals surface area contributed by atoms with E-state index in [-0.39, 0.29) is 17.3 Å². The van der Waals surface area contributed by atoms with Gasteiger partial charge in [-0.2, -0.15) is 0 Å². The molecule has 0 atom stereocenters. The van der Waals surface area contributed by atoms with Gasteiger partial charge in [-0.3, -0.25) is 9.10 Å². The zero-order valence-corrected chi connectivity index (χ0v) is 17.5. The van der Waals surface area contributed by atoms with Gasteiger partial charge < -0.3 is 4.90 Å². The number of halogens is 1. The lowest BCUT2D eigenvalue weighted by molar-refractivity contribution is -0.129. The maximum absolute atomic E-state index is 13.2. The molecule has 0 N–H and O–H groups in total. The lowest BCUT2D eigenvalue weighted by Gasteiger charge is -2.27. The number of benzene rings is 2. The third-order valence-electron chi connectivity index (χ3n) is 4.12. The van der Waals surface area contributed by atoms with Crippen LogP contribution < -0.4 is 4.31 Å². The minimum atomic E-state index is -3.86. The van der Waals surface area contributed by atoms with Crippen molar-refractivity contribution in [1.29, 1.82) is 0 Å². The topological polar surface area (TPSA) is 57.7 Å². The number of rotatable bonds is 7. The standard InChI is InChI=1S/C19H23BrN2O3S/c1-4-21(5-2)19(23)14-22(17-10-8-16(20)9-11-17)26(24,25)18-12-6-15(3)7-13-18/h6-13H,4-5,14H2,1-3H3. The van der Waals surface area contributed by atoms with Crippen molar-refractivity contribution in [3.63, 3.8) is 0 Å². The second kappa shape index (κ2) is 8.68. The van der Waals surface area contributed by atoms with E-state index in [0.29, 0.717) is 18.8 Å². The summed E-state index contributed by atoms with van der Waals surface area (Å²) in [6.07, 6.45) is 0. The normalized spacial score (nSPS) is 11.2. The van der Waals surface area contributed by atoms with Crippen molar-refractivity contribution in [2.24, 2.45) is 0 Å². The summed E-state index contributed by atoms with van der Waals surface area (Å²) < 4.78 is 28.4. The molecule has 2 rings (SSSR count). The highest BCUT2D eigenvalue weighted by atomic mass is 79.9. The molecule has 0 aliphatic rings. The maximum Gasteiger partial charge on any atom is 0.264 e. The highest BCUT2D eigenvalue weighted by molar-refractivity contribution is 9.10. The molecule has 0 unspecified atom stereocenters. The molecule has 0 radical (unpaired) electrons. The molecule has 26 heavy (non-hydrogen) atoms. The minimum Gasteiger partial charge on any atom is -0.342 e. The fourth-order valence-electron chi connectivity index (χ4n) is 2.56. The van der Waals surface area contributed by atoms with Crippen LogP contribution in [0.4, 0.5) is 5.69 Å². The zero-order valence-electron chi connectivity index (χ0n) is 15.1. The third-order valence-corrected chi connectivity index (χ3v) is 6.44. The average molecular weight is 439 g/mol. The molecule has 7 heteroatoms. The predicted octanol–water partition coefficient (Wildman–Crippen LogP) is 3.82. The third kappa shape index (κ3) is 4.65. The van der Waals surface area contributed by atoms with Gasteiger partial charge in [-0.25, -0.2) is 8.42 Å². The number of sulfonamides is 1. The minimum absolute atomic E-state index is 0.165. The number of amides is 1. The van der Waals surface area contributed by atoms with E-state index in [1.807, 2.05) is 20.8 Å². The summed E-state index contributed by atoms with van der Waals surface area (Å²) in [5.74, 6) is -0.228. The Labute approximate surface area is 163 Å². The molecule has 0 saturated carbocycles. The van der Waals surface area contributed by atoms with Gasteiger partial charge in [0.15, 0.2) is 0 Å². The second-order valence-electron chi connectivity index (χ2n) is 5.87. The molecule has 0 spiro atoms. The van der Waals surface area contributed by atoms with Gasteiger partial charge in [0, 0.05) is 17.6 Å². The van der Waals surface area contributed by atoms with Gasteiger partial charge in [0.05, 0.1) is 10.6 Å². The van der Waals surface area contributed by atoms with Crippen molar-refractivity contribution >= 4 is 37.5 Å². The van der Waals surface area contributed by atoms with Gasteiger partial charge >= 0.3 is 0 Å². The Balaban J connectivity index is 2.47. The molecular weight excluding hydrogens is 416 g/mol. The van der Waals surface area contributed by atoms with Crippen molar-refractivity contribution in [2.45, 2.75) is 25.7 Å². The number of hydrogen-bond acceptors (Lipinski definition) is 3.